The zero-order valence-electron chi connectivity index (χ0n) is 26.9. The van der Waals surface area contributed by atoms with E-state index in [9.17, 15) is 34.1 Å². The molecule has 0 radical (unpaired) electrons. The number of hydrogen-bond donors (Lipinski definition) is 5. The highest BCUT2D eigenvalue weighted by Crippen LogP contribution is 2.18. The molecule has 0 aromatic heterocycles. The quantitative estimate of drug-likeness (QED) is 0.0437. The fourth-order valence-corrected chi connectivity index (χ4v) is 3.24. The van der Waals surface area contributed by atoms with Crippen LogP contribution in [0.1, 0.15) is 80.1 Å². The Morgan fingerprint density at radius 1 is 0.783 bits per heavy atom. The summed E-state index contributed by atoms with van der Waals surface area (Å²) in [5.41, 5.74) is -1.54. The molecular formula is C29H45N3O14. The average molecular weight is 660 g/mol. The Hall–Kier alpha value is -4.67. The summed E-state index contributed by atoms with van der Waals surface area (Å²) in [6.07, 6.45) is -0.414. The molecule has 0 bridgehead atoms. The van der Waals surface area contributed by atoms with Crippen molar-refractivity contribution in [1.82, 2.24) is 10.6 Å². The number of hydrogen-bond acceptors (Lipinski definition) is 12. The topological polar surface area (TPSA) is 250 Å². The molecule has 0 spiro atoms. The molecule has 1 rings (SSSR count). The molecule has 1 aromatic rings. The second-order valence-electron chi connectivity index (χ2n) is 11.7. The Bertz CT molecular complexity index is 1140. The van der Waals surface area contributed by atoms with Gasteiger partial charge in [0, 0.05) is 18.7 Å². The van der Waals surface area contributed by atoms with Crippen LogP contribution in [0.15, 0.2) is 24.3 Å². The van der Waals surface area contributed by atoms with E-state index in [1.807, 2.05) is 0 Å². The zero-order chi connectivity index (χ0) is 35.5. The van der Waals surface area contributed by atoms with Crippen LogP contribution in [-0.4, -0.2) is 87.0 Å². The lowest BCUT2D eigenvalue weighted by Gasteiger charge is -2.22. The summed E-state index contributed by atoms with van der Waals surface area (Å²) in [5, 5.41) is 41.8. The van der Waals surface area contributed by atoms with Crippen molar-refractivity contribution in [3.63, 3.8) is 0 Å². The van der Waals surface area contributed by atoms with E-state index in [0.717, 1.165) is 0 Å². The number of nitrogens with zero attached hydrogens (tertiary/aromatic N) is 1. The second-order valence-corrected chi connectivity index (χ2v) is 11.7. The van der Waals surface area contributed by atoms with E-state index >= 15 is 0 Å². The van der Waals surface area contributed by atoms with Crippen LogP contribution in [0.25, 0.3) is 0 Å². The van der Waals surface area contributed by atoms with E-state index in [1.165, 1.54) is 24.3 Å². The molecular weight excluding hydrogens is 614 g/mol. The van der Waals surface area contributed by atoms with Crippen molar-refractivity contribution in [1.29, 1.82) is 0 Å². The van der Waals surface area contributed by atoms with E-state index in [2.05, 4.69) is 10.6 Å². The number of nitro groups is 1. The molecule has 2 atom stereocenters. The average Bonchev–Trinajstić information content (AvgIpc) is 2.90. The third-order valence-electron chi connectivity index (χ3n) is 5.23. The summed E-state index contributed by atoms with van der Waals surface area (Å²) in [5.74, 6) is -2.21. The van der Waals surface area contributed by atoms with Crippen LogP contribution in [0, 0.1) is 10.1 Å². The minimum atomic E-state index is -1.20. The van der Waals surface area contributed by atoms with Crippen LogP contribution in [0.2, 0.25) is 0 Å². The van der Waals surface area contributed by atoms with Gasteiger partial charge in [0.05, 0.1) is 11.5 Å². The number of rotatable bonds is 15. The molecule has 0 aliphatic rings. The van der Waals surface area contributed by atoms with Gasteiger partial charge in [-0.15, -0.1) is 0 Å². The molecule has 46 heavy (non-hydrogen) atoms. The highest BCUT2D eigenvalue weighted by Gasteiger charge is 2.24. The molecule has 5 N–H and O–H groups in total. The molecule has 17 heteroatoms. The zero-order valence-corrected chi connectivity index (χ0v) is 26.9. The van der Waals surface area contributed by atoms with Crippen LogP contribution < -0.4 is 15.4 Å². The molecule has 17 nitrogen and oxygen atoms in total. The third-order valence-corrected chi connectivity index (χ3v) is 5.23. The third kappa shape index (κ3) is 21.1. The van der Waals surface area contributed by atoms with Crippen LogP contribution in [0.3, 0.4) is 0 Å². The molecule has 0 unspecified atom stereocenters. The van der Waals surface area contributed by atoms with Gasteiger partial charge in [-0.1, -0.05) is 0 Å². The van der Waals surface area contributed by atoms with Gasteiger partial charge in [-0.3, -0.25) is 10.1 Å². The predicted octanol–water partition coefficient (Wildman–Crippen LogP) is 4.39. The lowest BCUT2D eigenvalue weighted by molar-refractivity contribution is -0.384. The number of carbonyl (C=O) groups excluding carboxylic acids is 3. The van der Waals surface area contributed by atoms with Gasteiger partial charge in [-0.2, -0.15) is 0 Å². The van der Waals surface area contributed by atoms with Gasteiger partial charge in [0.15, 0.2) is 0 Å². The van der Waals surface area contributed by atoms with Gasteiger partial charge in [-0.05, 0) is 92.2 Å². The van der Waals surface area contributed by atoms with E-state index in [1.54, 1.807) is 41.5 Å². The monoisotopic (exact) mass is 659 g/mol. The van der Waals surface area contributed by atoms with Crippen LogP contribution in [0.4, 0.5) is 20.1 Å². The van der Waals surface area contributed by atoms with Crippen molar-refractivity contribution in [2.75, 3.05) is 13.2 Å². The summed E-state index contributed by atoms with van der Waals surface area (Å²) in [7, 11) is 0. The van der Waals surface area contributed by atoms with Crippen LogP contribution in [0.5, 0.6) is 5.75 Å². The van der Waals surface area contributed by atoms with Crippen molar-refractivity contribution < 1.29 is 63.2 Å². The van der Waals surface area contributed by atoms with Gasteiger partial charge in [0.2, 0.25) is 0 Å². The molecule has 0 heterocycles. The number of nitro benzene ring substituents is 1. The maximum absolute atomic E-state index is 11.7. The number of amides is 2. The van der Waals surface area contributed by atoms with E-state index < -0.39 is 58.5 Å². The minimum Gasteiger partial charge on any atom is -0.480 e. The Labute approximate surface area is 266 Å². The first-order chi connectivity index (χ1) is 21.2. The lowest BCUT2D eigenvalue weighted by atomic mass is 10.1. The number of aliphatic carboxylic acids is 2. The molecule has 2 amide bonds. The van der Waals surface area contributed by atoms with Gasteiger partial charge in [-0.25, -0.2) is 24.0 Å². The number of aliphatic hydroxyl groups is 1. The summed E-state index contributed by atoms with van der Waals surface area (Å²) in [6, 6.07) is 2.80. The molecule has 0 aliphatic heterocycles. The molecule has 0 aliphatic carbocycles. The van der Waals surface area contributed by atoms with Crippen molar-refractivity contribution >= 4 is 36.0 Å². The number of carboxylic acid groups (broad SMARTS) is 2. The van der Waals surface area contributed by atoms with Crippen molar-refractivity contribution in [2.24, 2.45) is 0 Å². The first-order valence-corrected chi connectivity index (χ1v) is 14.4. The highest BCUT2D eigenvalue weighted by atomic mass is 16.7. The number of nitrogens with one attached hydrogen (secondary N) is 2. The normalized spacial score (nSPS) is 12.2. The fraction of sp³-hybridized carbons (Fsp3) is 0.621. The minimum absolute atomic E-state index is 0.0127. The maximum Gasteiger partial charge on any atom is 0.513 e. The van der Waals surface area contributed by atoms with Gasteiger partial charge < -0.3 is 44.9 Å². The molecule has 1 aromatic carbocycles. The number of benzene rings is 1. The number of non-ortho nitro benzene ring substituents is 1. The first-order valence-electron chi connectivity index (χ1n) is 14.4. The predicted molar refractivity (Wildman–Crippen MR) is 161 cm³/mol. The first kappa shape index (κ1) is 41.3. The number of ether oxygens (including phenoxy) is 4. The lowest BCUT2D eigenvalue weighted by Crippen LogP contribution is -2.43. The van der Waals surface area contributed by atoms with E-state index in [4.69, 9.17) is 34.3 Å². The maximum atomic E-state index is 11.7. The summed E-state index contributed by atoms with van der Waals surface area (Å²) in [4.78, 5) is 66.7. The van der Waals surface area contributed by atoms with Gasteiger partial charge >= 0.3 is 30.3 Å². The second kappa shape index (κ2) is 20.4. The van der Waals surface area contributed by atoms with Crippen LogP contribution in [-0.2, 0) is 23.8 Å². The molecule has 0 saturated heterocycles. The number of carbonyl (C=O) groups is 5. The SMILES string of the molecule is CC(C)(C)OC(=O)N[C@@H](CCCCO)C(=O)O.CC(C)(C)OC(=O)N[C@@H](CCCCOC(=O)Oc1ccc([N+](=O)[O-])cc1)C(=O)O. The smallest absolute Gasteiger partial charge is 0.480 e. The Morgan fingerprint density at radius 3 is 1.59 bits per heavy atom. The Morgan fingerprint density at radius 2 is 1.22 bits per heavy atom. The number of alkyl carbamates (subject to hydrolysis) is 2. The summed E-state index contributed by atoms with van der Waals surface area (Å²) < 4.78 is 19.7. The van der Waals surface area contributed by atoms with E-state index in [-0.39, 0.29) is 37.5 Å². The molecule has 0 saturated carbocycles. The Kier molecular flexibility index (Phi) is 18.3. The summed E-state index contributed by atoms with van der Waals surface area (Å²) >= 11 is 0. The molecule has 260 valence electrons. The van der Waals surface area contributed by atoms with Crippen molar-refractivity contribution in [3.8, 4) is 5.75 Å². The standard InChI is InChI=1S/C18H24N2O9.C11H21NO5/c1-18(2,3)29-16(23)19-14(15(21)22)6-4-5-11-27-17(24)28-13-9-7-12(8-10-13)20(25)26;1-11(2,3)17-10(16)12-8(9(14)15)6-4-5-7-13/h7-10,14H,4-6,11H2,1-3H3,(H,19,23)(H,21,22);8,13H,4-7H2,1-3H3,(H,12,16)(H,14,15)/t14-;8-/m00/s1. The highest BCUT2D eigenvalue weighted by molar-refractivity contribution is 5.80. The molecule has 0 fully saturated rings. The van der Waals surface area contributed by atoms with E-state index in [0.29, 0.717) is 25.7 Å². The number of unbranched alkanes of at least 4 members (excludes halogenated alkanes) is 2. The van der Waals surface area contributed by atoms with Crippen molar-refractivity contribution in [2.45, 2.75) is 103 Å². The number of aliphatic hydroxyl groups excluding tert-OH is 1. The van der Waals surface area contributed by atoms with Crippen LogP contribution >= 0.6 is 0 Å². The van der Waals surface area contributed by atoms with Gasteiger partial charge in [0.1, 0.15) is 29.0 Å². The largest absolute Gasteiger partial charge is 0.513 e. The van der Waals surface area contributed by atoms with Crippen molar-refractivity contribution in [3.05, 3.63) is 34.4 Å². The Balaban J connectivity index is 0.00000102. The van der Waals surface area contributed by atoms with Gasteiger partial charge in [0.25, 0.3) is 5.69 Å². The number of carboxylic acids is 2. The summed E-state index contributed by atoms with van der Waals surface area (Å²) in [6.45, 7) is 10.1. The fourth-order valence-electron chi connectivity index (χ4n) is 3.24.